The number of carbonyl (C=O) groups excluding carboxylic acids is 7. The summed E-state index contributed by atoms with van der Waals surface area (Å²) < 4.78 is 5.83. The van der Waals surface area contributed by atoms with Crippen molar-refractivity contribution in [1.29, 1.82) is 0 Å². The SMILES string of the molecule is CCCC(NC(=O)[C@@H]1C[C@@H](OC(=O)N2CCc3ccccc3C2)CN1C(=O)[C@@H](NC(=O)C(=O)Cc1ccccc1)C(C)C)C(=O)C(=O)NCC(=O)O. The Bertz CT molecular complexity index is 1680. The number of rotatable bonds is 15. The third kappa shape index (κ3) is 10.2. The topological polar surface area (TPSA) is 209 Å². The second-order valence-electron chi connectivity index (χ2n) is 13.3. The summed E-state index contributed by atoms with van der Waals surface area (Å²) in [6.45, 7) is 4.73. The van der Waals surface area contributed by atoms with E-state index in [-0.39, 0.29) is 25.8 Å². The summed E-state index contributed by atoms with van der Waals surface area (Å²) in [5.41, 5.74) is 2.71. The van der Waals surface area contributed by atoms with Gasteiger partial charge in [0.25, 0.3) is 11.8 Å². The number of benzene rings is 2. The van der Waals surface area contributed by atoms with Crippen molar-refractivity contribution >= 4 is 47.3 Å². The number of Topliss-reactive ketones (excluding diaryl/α,β-unsaturated/α-hetero) is 2. The minimum absolute atomic E-state index is 0.0365. The molecule has 1 saturated heterocycles. The maximum absolute atomic E-state index is 14.2. The maximum atomic E-state index is 14.2. The standard InChI is InChI=1S/C37H45N5O10/c1-4-10-27(32(46)35(49)38-19-30(44)45)39-33(47)28-18-26(52-37(51)41-16-15-24-13-8-9-14-25(24)20-41)21-42(28)36(50)31(22(2)3)40-34(48)29(43)17-23-11-6-5-7-12-23/h5-9,11-14,22,26-28,31H,4,10,15-21H2,1-3H3,(H,38,49)(H,39,47)(H,40,48)(H,44,45)/t26-,27?,28+,31+/m1/s1. The van der Waals surface area contributed by atoms with E-state index in [1.165, 1.54) is 4.90 Å². The van der Waals surface area contributed by atoms with E-state index in [1.54, 1.807) is 51.1 Å². The molecule has 4 rings (SSSR count). The van der Waals surface area contributed by atoms with Crippen molar-refractivity contribution in [2.24, 2.45) is 5.92 Å². The van der Waals surface area contributed by atoms with Gasteiger partial charge in [-0.3, -0.25) is 33.6 Å². The van der Waals surface area contributed by atoms with E-state index in [2.05, 4.69) is 10.6 Å². The van der Waals surface area contributed by atoms with Gasteiger partial charge in [0, 0.05) is 25.9 Å². The van der Waals surface area contributed by atoms with Gasteiger partial charge in [-0.25, -0.2) is 4.79 Å². The number of hydrogen-bond donors (Lipinski definition) is 4. The summed E-state index contributed by atoms with van der Waals surface area (Å²) >= 11 is 0. The molecule has 0 radical (unpaired) electrons. The quantitative estimate of drug-likeness (QED) is 0.193. The molecular weight excluding hydrogens is 674 g/mol. The Morgan fingerprint density at radius 2 is 1.58 bits per heavy atom. The average molecular weight is 720 g/mol. The predicted octanol–water partition coefficient (Wildman–Crippen LogP) is 1.16. The highest BCUT2D eigenvalue weighted by Gasteiger charge is 2.45. The summed E-state index contributed by atoms with van der Waals surface area (Å²) in [5.74, 6) is -7.43. The Labute approximate surface area is 301 Å². The molecule has 0 aliphatic carbocycles. The monoisotopic (exact) mass is 719 g/mol. The summed E-state index contributed by atoms with van der Waals surface area (Å²) in [4.78, 5) is 106. The number of aliphatic carboxylic acids is 1. The van der Waals surface area contributed by atoms with E-state index in [0.717, 1.165) is 16.0 Å². The van der Waals surface area contributed by atoms with Crippen LogP contribution in [0.1, 0.15) is 56.7 Å². The largest absolute Gasteiger partial charge is 0.480 e. The summed E-state index contributed by atoms with van der Waals surface area (Å²) in [6.07, 6.45) is -0.904. The van der Waals surface area contributed by atoms with Crippen LogP contribution in [0, 0.1) is 5.92 Å². The van der Waals surface area contributed by atoms with Gasteiger partial charge in [-0.15, -0.1) is 0 Å². The molecule has 2 heterocycles. The minimum Gasteiger partial charge on any atom is -0.480 e. The molecule has 0 spiro atoms. The fourth-order valence-corrected chi connectivity index (χ4v) is 6.25. The Hall–Kier alpha value is -5.60. The molecule has 2 aromatic rings. The maximum Gasteiger partial charge on any atom is 0.410 e. The molecule has 278 valence electrons. The molecule has 2 aromatic carbocycles. The molecule has 0 aromatic heterocycles. The highest BCUT2D eigenvalue weighted by atomic mass is 16.6. The Morgan fingerprint density at radius 1 is 0.904 bits per heavy atom. The molecule has 4 atom stereocenters. The van der Waals surface area contributed by atoms with Gasteiger partial charge in [-0.05, 0) is 35.4 Å². The van der Waals surface area contributed by atoms with Crippen LogP contribution in [0.25, 0.3) is 0 Å². The van der Waals surface area contributed by atoms with Crippen LogP contribution in [0.4, 0.5) is 4.79 Å². The van der Waals surface area contributed by atoms with Crippen LogP contribution in [0.5, 0.6) is 0 Å². The van der Waals surface area contributed by atoms with Crippen molar-refractivity contribution in [2.75, 3.05) is 19.6 Å². The molecule has 52 heavy (non-hydrogen) atoms. The van der Waals surface area contributed by atoms with E-state index in [1.807, 2.05) is 29.6 Å². The lowest BCUT2D eigenvalue weighted by atomic mass is 10.0. The Morgan fingerprint density at radius 3 is 2.23 bits per heavy atom. The molecule has 4 N–H and O–H groups in total. The molecule has 2 aliphatic heterocycles. The van der Waals surface area contributed by atoms with Crippen molar-refractivity contribution < 1.29 is 48.2 Å². The lowest BCUT2D eigenvalue weighted by Gasteiger charge is -2.31. The molecule has 5 amide bonds. The van der Waals surface area contributed by atoms with Crippen LogP contribution < -0.4 is 16.0 Å². The number of amides is 5. The van der Waals surface area contributed by atoms with Gasteiger partial charge in [0.2, 0.25) is 23.4 Å². The molecule has 1 unspecified atom stereocenters. The first-order chi connectivity index (χ1) is 24.8. The second-order valence-corrected chi connectivity index (χ2v) is 13.3. The van der Waals surface area contributed by atoms with Crippen LogP contribution in [-0.4, -0.2) is 106 Å². The third-order valence-corrected chi connectivity index (χ3v) is 9.02. The van der Waals surface area contributed by atoms with E-state index >= 15 is 0 Å². The van der Waals surface area contributed by atoms with Crippen molar-refractivity contribution in [3.63, 3.8) is 0 Å². The Balaban J connectivity index is 1.53. The number of carboxylic acids is 1. The molecule has 0 bridgehead atoms. The van der Waals surface area contributed by atoms with Gasteiger partial charge in [0.1, 0.15) is 24.7 Å². The third-order valence-electron chi connectivity index (χ3n) is 9.02. The van der Waals surface area contributed by atoms with Crippen LogP contribution in [-0.2, 0) is 57.7 Å². The molecular formula is C37H45N5O10. The predicted molar refractivity (Wildman–Crippen MR) is 185 cm³/mol. The lowest BCUT2D eigenvalue weighted by molar-refractivity contribution is -0.145. The Kier molecular flexibility index (Phi) is 13.6. The fraction of sp³-hybridized carbons (Fsp3) is 0.459. The van der Waals surface area contributed by atoms with E-state index in [0.29, 0.717) is 31.5 Å². The number of hydrogen-bond acceptors (Lipinski definition) is 9. The molecule has 15 nitrogen and oxygen atoms in total. The van der Waals surface area contributed by atoms with Gasteiger partial charge >= 0.3 is 12.1 Å². The normalized spacial score (nSPS) is 17.7. The number of ether oxygens (including phenoxy) is 1. The highest BCUT2D eigenvalue weighted by molar-refractivity contribution is 6.38. The smallest absolute Gasteiger partial charge is 0.410 e. The molecule has 0 saturated carbocycles. The van der Waals surface area contributed by atoms with Gasteiger partial charge in [-0.1, -0.05) is 81.8 Å². The fourth-order valence-electron chi connectivity index (χ4n) is 6.25. The number of fused-ring (bicyclic) bond motifs is 1. The highest BCUT2D eigenvalue weighted by Crippen LogP contribution is 2.26. The van der Waals surface area contributed by atoms with Gasteiger partial charge in [0.05, 0.1) is 12.6 Å². The van der Waals surface area contributed by atoms with Crippen molar-refractivity contribution in [3.8, 4) is 0 Å². The lowest BCUT2D eigenvalue weighted by Crippen LogP contribution is -2.58. The first kappa shape index (κ1) is 39.2. The van der Waals surface area contributed by atoms with Crippen LogP contribution >= 0.6 is 0 Å². The second kappa shape index (κ2) is 18.1. The van der Waals surface area contributed by atoms with Gasteiger partial charge < -0.3 is 35.6 Å². The average Bonchev–Trinajstić information content (AvgIpc) is 3.55. The number of nitrogens with one attached hydrogen (secondary N) is 3. The zero-order valence-corrected chi connectivity index (χ0v) is 29.5. The van der Waals surface area contributed by atoms with Crippen LogP contribution in [0.15, 0.2) is 54.6 Å². The minimum atomic E-state index is -1.36. The van der Waals surface area contributed by atoms with E-state index in [4.69, 9.17) is 9.84 Å². The van der Waals surface area contributed by atoms with Crippen LogP contribution in [0.3, 0.4) is 0 Å². The van der Waals surface area contributed by atoms with Gasteiger partial charge in [0.15, 0.2) is 0 Å². The van der Waals surface area contributed by atoms with Crippen molar-refractivity contribution in [3.05, 3.63) is 71.3 Å². The van der Waals surface area contributed by atoms with Crippen molar-refractivity contribution in [1.82, 2.24) is 25.8 Å². The van der Waals surface area contributed by atoms with E-state index in [9.17, 15) is 38.4 Å². The van der Waals surface area contributed by atoms with Crippen LogP contribution in [0.2, 0.25) is 0 Å². The summed E-state index contributed by atoms with van der Waals surface area (Å²) in [6, 6.07) is 12.5. The molecule has 15 heteroatoms. The summed E-state index contributed by atoms with van der Waals surface area (Å²) in [7, 11) is 0. The molecule has 1 fully saturated rings. The number of nitrogens with zero attached hydrogens (tertiary/aromatic N) is 2. The van der Waals surface area contributed by atoms with Gasteiger partial charge in [-0.2, -0.15) is 0 Å². The number of carboxylic acid groups (broad SMARTS) is 1. The number of ketones is 2. The van der Waals surface area contributed by atoms with E-state index < -0.39 is 83.9 Å². The zero-order chi connectivity index (χ0) is 37.9. The zero-order valence-electron chi connectivity index (χ0n) is 29.5. The number of carbonyl (C=O) groups is 8. The van der Waals surface area contributed by atoms with Crippen molar-refractivity contribution in [2.45, 2.75) is 83.6 Å². The number of likely N-dealkylation sites (tertiary alicyclic amines) is 1. The summed E-state index contributed by atoms with van der Waals surface area (Å²) in [5, 5.41) is 15.9. The first-order valence-corrected chi connectivity index (χ1v) is 17.3. The molecule has 2 aliphatic rings. The first-order valence-electron chi connectivity index (χ1n) is 17.3.